The van der Waals surface area contributed by atoms with Crippen LogP contribution in [0.5, 0.6) is 0 Å². The summed E-state index contributed by atoms with van der Waals surface area (Å²) < 4.78 is 17.3. The lowest BCUT2D eigenvalue weighted by Gasteiger charge is -2.30. The van der Waals surface area contributed by atoms with E-state index in [9.17, 15) is 14.7 Å². The number of pyridine rings is 1. The van der Waals surface area contributed by atoms with Crippen molar-refractivity contribution >= 4 is 22.6 Å². The molecule has 1 unspecified atom stereocenters. The van der Waals surface area contributed by atoms with Crippen molar-refractivity contribution in [2.45, 2.75) is 45.7 Å². The fraction of sp³-hybridized carbons (Fsp3) is 0.545. The Labute approximate surface area is 169 Å². The standard InChI is InChI=1S/C22H28FN3O3/c1-12-18-15(26(13-6-7-13)9-14(20(18)27)21(28)29)8-16(19(12)23)25-10-17(24(4)5)22(2,3)11-25/h8-9,13,17H,6-7,10-11H2,1-5H3,(H,28,29). The van der Waals surface area contributed by atoms with Crippen LogP contribution < -0.4 is 10.3 Å². The average Bonchev–Trinajstić information content (AvgIpc) is 3.40. The van der Waals surface area contributed by atoms with Gasteiger partial charge in [-0.2, -0.15) is 0 Å². The van der Waals surface area contributed by atoms with E-state index in [4.69, 9.17) is 0 Å². The van der Waals surface area contributed by atoms with E-state index in [2.05, 4.69) is 23.6 Å². The first-order valence-corrected chi connectivity index (χ1v) is 10.1. The zero-order chi connectivity index (χ0) is 21.2. The van der Waals surface area contributed by atoms with Gasteiger partial charge in [0.25, 0.3) is 0 Å². The van der Waals surface area contributed by atoms with Crippen LogP contribution in [0.25, 0.3) is 10.9 Å². The van der Waals surface area contributed by atoms with Crippen molar-refractivity contribution in [2.75, 3.05) is 32.1 Å². The third-order valence-corrected chi connectivity index (χ3v) is 6.51. The number of aromatic nitrogens is 1. The van der Waals surface area contributed by atoms with Crippen LogP contribution in [0.2, 0.25) is 0 Å². The number of aromatic carboxylic acids is 1. The second kappa shape index (κ2) is 6.55. The van der Waals surface area contributed by atoms with E-state index in [0.717, 1.165) is 12.8 Å². The summed E-state index contributed by atoms with van der Waals surface area (Å²) in [5.41, 5.74) is 0.426. The zero-order valence-electron chi connectivity index (χ0n) is 17.6. The fourth-order valence-corrected chi connectivity index (χ4v) is 4.85. The second-order valence-corrected chi connectivity index (χ2v) is 9.39. The van der Waals surface area contributed by atoms with Gasteiger partial charge in [-0.1, -0.05) is 13.8 Å². The minimum absolute atomic E-state index is 0.0118. The molecule has 7 heteroatoms. The van der Waals surface area contributed by atoms with E-state index in [1.807, 2.05) is 18.7 Å². The monoisotopic (exact) mass is 401 g/mol. The Morgan fingerprint density at radius 1 is 1.31 bits per heavy atom. The summed E-state index contributed by atoms with van der Waals surface area (Å²) in [5, 5.41) is 9.64. The molecule has 2 aromatic rings. The van der Waals surface area contributed by atoms with Crippen LogP contribution in [0.15, 0.2) is 17.1 Å². The van der Waals surface area contributed by atoms with Gasteiger partial charge < -0.3 is 19.5 Å². The second-order valence-electron chi connectivity index (χ2n) is 9.39. The Bertz CT molecular complexity index is 1070. The van der Waals surface area contributed by atoms with Gasteiger partial charge in [0, 0.05) is 36.9 Å². The number of nitrogens with zero attached hydrogens (tertiary/aromatic N) is 3. The molecule has 1 aromatic heterocycles. The van der Waals surface area contributed by atoms with Gasteiger partial charge in [0.2, 0.25) is 5.43 Å². The molecule has 1 saturated carbocycles. The molecule has 1 atom stereocenters. The average molecular weight is 401 g/mol. The van der Waals surface area contributed by atoms with Gasteiger partial charge in [0.15, 0.2) is 0 Å². The van der Waals surface area contributed by atoms with Crippen molar-refractivity contribution in [1.82, 2.24) is 9.47 Å². The fourth-order valence-electron chi connectivity index (χ4n) is 4.85. The molecular weight excluding hydrogens is 373 g/mol. The molecule has 0 bridgehead atoms. The maximum atomic E-state index is 15.5. The number of benzene rings is 1. The van der Waals surface area contributed by atoms with Crippen molar-refractivity contribution in [3.05, 3.63) is 39.4 Å². The molecule has 0 radical (unpaired) electrons. The van der Waals surface area contributed by atoms with Crippen LogP contribution in [0, 0.1) is 18.2 Å². The molecule has 1 aliphatic carbocycles. The molecule has 0 spiro atoms. The van der Waals surface area contributed by atoms with Crippen LogP contribution in [-0.2, 0) is 0 Å². The van der Waals surface area contributed by atoms with Gasteiger partial charge in [-0.25, -0.2) is 9.18 Å². The summed E-state index contributed by atoms with van der Waals surface area (Å²) >= 11 is 0. The lowest BCUT2D eigenvalue weighted by molar-refractivity contribution is 0.0695. The van der Waals surface area contributed by atoms with E-state index in [0.29, 0.717) is 24.3 Å². The highest BCUT2D eigenvalue weighted by Gasteiger charge is 2.41. The Kier molecular flexibility index (Phi) is 4.49. The minimum atomic E-state index is -1.27. The number of likely N-dealkylation sites (N-methyl/N-ethyl adjacent to an activating group) is 1. The van der Waals surface area contributed by atoms with Crippen molar-refractivity contribution in [1.29, 1.82) is 0 Å². The number of halogens is 1. The summed E-state index contributed by atoms with van der Waals surface area (Å²) in [6.45, 7) is 7.35. The molecule has 2 heterocycles. The topological polar surface area (TPSA) is 65.8 Å². The van der Waals surface area contributed by atoms with E-state index in [1.165, 1.54) is 6.20 Å². The van der Waals surface area contributed by atoms with Gasteiger partial charge in [-0.3, -0.25) is 4.79 Å². The van der Waals surface area contributed by atoms with E-state index < -0.39 is 17.2 Å². The SMILES string of the molecule is Cc1c(F)c(N2CC(N(C)C)C(C)(C)C2)cc2c1c(=O)c(C(=O)O)cn2C1CC1. The number of aryl methyl sites for hydroxylation is 1. The van der Waals surface area contributed by atoms with Crippen LogP contribution >= 0.6 is 0 Å². The highest BCUT2D eigenvalue weighted by Crippen LogP contribution is 2.41. The van der Waals surface area contributed by atoms with Crippen molar-refractivity contribution < 1.29 is 14.3 Å². The molecule has 1 aromatic carbocycles. The largest absolute Gasteiger partial charge is 0.477 e. The van der Waals surface area contributed by atoms with Crippen LogP contribution in [0.4, 0.5) is 10.1 Å². The molecule has 6 nitrogen and oxygen atoms in total. The smallest absolute Gasteiger partial charge is 0.341 e. The normalized spacial score (nSPS) is 21.3. The summed E-state index contributed by atoms with van der Waals surface area (Å²) in [6.07, 6.45) is 3.30. The molecule has 1 N–H and O–H groups in total. The summed E-state index contributed by atoms with van der Waals surface area (Å²) in [5.74, 6) is -1.71. The van der Waals surface area contributed by atoms with Gasteiger partial charge in [-0.05, 0) is 45.3 Å². The molecule has 0 amide bonds. The quantitative estimate of drug-likeness (QED) is 0.852. The van der Waals surface area contributed by atoms with Crippen LogP contribution in [-0.4, -0.2) is 53.8 Å². The first-order valence-electron chi connectivity index (χ1n) is 10.1. The lowest BCUT2D eigenvalue weighted by atomic mass is 9.87. The number of fused-ring (bicyclic) bond motifs is 1. The number of carbonyl (C=O) groups is 1. The molecule has 156 valence electrons. The molecular formula is C22H28FN3O3. The number of anilines is 1. The number of hydrogen-bond donors (Lipinski definition) is 1. The van der Waals surface area contributed by atoms with Crippen molar-refractivity contribution in [2.24, 2.45) is 5.41 Å². The van der Waals surface area contributed by atoms with Gasteiger partial charge >= 0.3 is 5.97 Å². The Hall–Kier alpha value is -2.41. The zero-order valence-corrected chi connectivity index (χ0v) is 17.6. The van der Waals surface area contributed by atoms with Gasteiger partial charge in [0.05, 0.1) is 16.6 Å². The predicted molar refractivity (Wildman–Crippen MR) is 112 cm³/mol. The molecule has 2 aliphatic rings. The molecule has 4 rings (SSSR count). The third kappa shape index (κ3) is 3.12. The first kappa shape index (κ1) is 19.9. The van der Waals surface area contributed by atoms with Crippen LogP contribution in [0.3, 0.4) is 0 Å². The van der Waals surface area contributed by atoms with E-state index >= 15 is 4.39 Å². The minimum Gasteiger partial charge on any atom is -0.477 e. The number of hydrogen-bond acceptors (Lipinski definition) is 4. The number of carboxylic acids is 1. The molecule has 1 aliphatic heterocycles. The first-order chi connectivity index (χ1) is 13.5. The van der Waals surface area contributed by atoms with Crippen molar-refractivity contribution in [3.8, 4) is 0 Å². The maximum absolute atomic E-state index is 15.5. The Morgan fingerprint density at radius 3 is 2.48 bits per heavy atom. The Morgan fingerprint density at radius 2 is 1.97 bits per heavy atom. The summed E-state index contributed by atoms with van der Waals surface area (Å²) in [7, 11) is 4.08. The molecule has 29 heavy (non-hydrogen) atoms. The lowest BCUT2D eigenvalue weighted by Crippen LogP contribution is -2.39. The van der Waals surface area contributed by atoms with Crippen LogP contribution in [0.1, 0.15) is 48.7 Å². The third-order valence-electron chi connectivity index (χ3n) is 6.51. The highest BCUT2D eigenvalue weighted by atomic mass is 19.1. The summed E-state index contributed by atoms with van der Waals surface area (Å²) in [6, 6.07) is 2.19. The number of rotatable bonds is 4. The van der Waals surface area contributed by atoms with Gasteiger partial charge in [0.1, 0.15) is 11.4 Å². The van der Waals surface area contributed by atoms with Crippen molar-refractivity contribution in [3.63, 3.8) is 0 Å². The highest BCUT2D eigenvalue weighted by molar-refractivity contribution is 5.95. The molecule has 2 fully saturated rings. The Balaban J connectivity index is 1.94. The van der Waals surface area contributed by atoms with Gasteiger partial charge in [-0.15, -0.1) is 0 Å². The molecule has 1 saturated heterocycles. The number of carboxylic acid groups (broad SMARTS) is 1. The predicted octanol–water partition coefficient (Wildman–Crippen LogP) is 3.26. The van der Waals surface area contributed by atoms with E-state index in [1.54, 1.807) is 13.0 Å². The summed E-state index contributed by atoms with van der Waals surface area (Å²) in [4.78, 5) is 28.6. The van der Waals surface area contributed by atoms with E-state index in [-0.39, 0.29) is 34.0 Å². The maximum Gasteiger partial charge on any atom is 0.341 e.